The van der Waals surface area contributed by atoms with Gasteiger partial charge in [-0.25, -0.2) is 0 Å². The van der Waals surface area contributed by atoms with Crippen molar-refractivity contribution in [3.8, 4) is 23.0 Å². The summed E-state index contributed by atoms with van der Waals surface area (Å²) in [5.74, 6) is 0.0238. The Kier molecular flexibility index (Phi) is 6.81. The van der Waals surface area contributed by atoms with Gasteiger partial charge < -0.3 is 24.8 Å². The fourth-order valence-corrected chi connectivity index (χ4v) is 6.92. The molecule has 0 spiro atoms. The molecule has 2 aromatic rings. The van der Waals surface area contributed by atoms with Gasteiger partial charge in [-0.05, 0) is 93.2 Å². The van der Waals surface area contributed by atoms with Gasteiger partial charge in [-0.3, -0.25) is 9.59 Å². The van der Waals surface area contributed by atoms with Gasteiger partial charge in [-0.1, -0.05) is 26.0 Å². The molecule has 2 heterocycles. The number of hydrogen-bond donors (Lipinski definition) is 3. The van der Waals surface area contributed by atoms with Crippen molar-refractivity contribution in [3.63, 3.8) is 0 Å². The Labute approximate surface area is 235 Å². The Hall–Kier alpha value is -3.32. The number of aryl methyl sites for hydroxylation is 2. The van der Waals surface area contributed by atoms with E-state index in [-0.39, 0.29) is 28.7 Å². The van der Waals surface area contributed by atoms with Crippen molar-refractivity contribution < 1.29 is 24.8 Å². The molecule has 2 aliphatic heterocycles. The highest BCUT2D eigenvalue weighted by Crippen LogP contribution is 2.49. The molecule has 0 aromatic heterocycles. The van der Waals surface area contributed by atoms with Crippen LogP contribution in [0.25, 0.3) is 0 Å². The van der Waals surface area contributed by atoms with Crippen LogP contribution in [0.1, 0.15) is 69.2 Å². The molecule has 7 heteroatoms. The van der Waals surface area contributed by atoms with Crippen LogP contribution >= 0.6 is 0 Å². The monoisotopic (exact) mass is 548 g/mol. The molecule has 0 fully saturated rings. The molecule has 0 amide bonds. The molecule has 0 saturated carbocycles. The Morgan fingerprint density at radius 3 is 1.90 bits per heavy atom. The van der Waals surface area contributed by atoms with Crippen molar-refractivity contribution in [3.05, 3.63) is 79.1 Å². The average Bonchev–Trinajstić information content (AvgIpc) is 3.01. The molecule has 5 atom stereocenters. The van der Waals surface area contributed by atoms with Crippen molar-refractivity contribution >= 4 is 0 Å². The van der Waals surface area contributed by atoms with Gasteiger partial charge in [-0.15, -0.1) is 0 Å². The molecule has 40 heavy (non-hydrogen) atoms. The summed E-state index contributed by atoms with van der Waals surface area (Å²) in [5.41, 5.74) is 0.287. The number of allylic oxidation sites excluding steroid dienone is 1. The fourth-order valence-electron chi connectivity index (χ4n) is 6.92. The highest BCUT2D eigenvalue weighted by molar-refractivity contribution is 5.46. The topological polar surface area (TPSA) is 113 Å². The van der Waals surface area contributed by atoms with E-state index in [2.05, 4.69) is 26.0 Å². The molecule has 0 saturated heterocycles. The summed E-state index contributed by atoms with van der Waals surface area (Å²) in [5, 5.41) is 32.4. The van der Waals surface area contributed by atoms with Crippen molar-refractivity contribution in [2.24, 2.45) is 17.3 Å². The van der Waals surface area contributed by atoms with Gasteiger partial charge in [0.2, 0.25) is 10.9 Å². The number of aliphatic hydroxyl groups is 1. The van der Waals surface area contributed by atoms with Gasteiger partial charge in [0.05, 0.1) is 6.10 Å². The fraction of sp³-hybridized carbons (Fsp3) is 0.515. The summed E-state index contributed by atoms with van der Waals surface area (Å²) in [6.45, 7) is 12.0. The Morgan fingerprint density at radius 1 is 0.800 bits per heavy atom. The van der Waals surface area contributed by atoms with Gasteiger partial charge in [-0.2, -0.15) is 0 Å². The van der Waals surface area contributed by atoms with Crippen LogP contribution in [0.4, 0.5) is 0 Å². The van der Waals surface area contributed by atoms with E-state index in [9.17, 15) is 24.9 Å². The number of ether oxygens (including phenoxy) is 2. The highest BCUT2D eigenvalue weighted by Gasteiger charge is 2.51. The number of hydrogen-bond acceptors (Lipinski definition) is 7. The Bertz CT molecular complexity index is 1510. The van der Waals surface area contributed by atoms with E-state index < -0.39 is 28.2 Å². The van der Waals surface area contributed by atoms with Crippen LogP contribution in [0, 0.1) is 31.1 Å². The maximum atomic E-state index is 12.6. The van der Waals surface area contributed by atoms with Crippen LogP contribution in [0.5, 0.6) is 23.0 Å². The lowest BCUT2D eigenvalue weighted by Gasteiger charge is -2.49. The maximum absolute atomic E-state index is 12.6. The molecule has 214 valence electrons. The SMILES string of the molecule is Cc1cc(O)c(=O)cc2c1C[C@H]1CC(C)(C)/C=C\C[C@@]3(C)Oc4cc(=O)c(O)cc(C)c4C[C@@H]3C[C@@H](O)[C@]1(C)O2. The third-order valence-electron chi connectivity index (χ3n) is 9.56. The van der Waals surface area contributed by atoms with Crippen molar-refractivity contribution in [1.82, 2.24) is 0 Å². The minimum atomic E-state index is -1.01. The van der Waals surface area contributed by atoms with Crippen LogP contribution in [0.3, 0.4) is 0 Å². The van der Waals surface area contributed by atoms with E-state index in [0.717, 1.165) is 28.7 Å². The predicted octanol–water partition coefficient (Wildman–Crippen LogP) is 4.88. The summed E-state index contributed by atoms with van der Waals surface area (Å²) in [6, 6.07) is 5.68. The molecule has 7 nitrogen and oxygen atoms in total. The van der Waals surface area contributed by atoms with E-state index in [0.29, 0.717) is 37.2 Å². The molecule has 0 bridgehead atoms. The average molecular weight is 549 g/mol. The lowest BCUT2D eigenvalue weighted by atomic mass is 9.67. The predicted molar refractivity (Wildman–Crippen MR) is 153 cm³/mol. The first-order valence-corrected chi connectivity index (χ1v) is 14.1. The maximum Gasteiger partial charge on any atom is 0.223 e. The number of aliphatic hydroxyl groups excluding tert-OH is 1. The molecule has 0 radical (unpaired) electrons. The standard InChI is InChI=1S/C33H40O7/c1-18-10-24(34)26(36)15-28-22(18)12-20-14-30(38)33(6)21(17-31(3,4)8-7-9-32(20,5)39-28)13-23-19(2)11-25(35)27(37)16-29(23)40-33/h7-8,10-11,15-16,20-21,30,38H,9,12-14,17H2,1-6H3,(H,34,36)(H,35,37)/b8-7-/t20-,21+,30-,32-,33-/m1/s1. The minimum absolute atomic E-state index is 0.0753. The Balaban J connectivity index is 1.63. The highest BCUT2D eigenvalue weighted by atomic mass is 16.5. The van der Waals surface area contributed by atoms with E-state index >= 15 is 0 Å². The van der Waals surface area contributed by atoms with Crippen LogP contribution in [-0.2, 0) is 12.8 Å². The molecule has 1 aliphatic carbocycles. The Morgan fingerprint density at radius 2 is 1.32 bits per heavy atom. The quantitative estimate of drug-likeness (QED) is 0.402. The second kappa shape index (κ2) is 9.65. The summed E-state index contributed by atoms with van der Waals surface area (Å²) in [6.07, 6.45) is 6.29. The van der Waals surface area contributed by atoms with Crippen molar-refractivity contribution in [2.75, 3.05) is 0 Å². The summed E-state index contributed by atoms with van der Waals surface area (Å²) in [4.78, 5) is 25.0. The molecule has 5 rings (SSSR count). The summed E-state index contributed by atoms with van der Waals surface area (Å²) >= 11 is 0. The van der Waals surface area contributed by atoms with Crippen LogP contribution < -0.4 is 20.3 Å². The minimum Gasteiger partial charge on any atom is -0.504 e. The van der Waals surface area contributed by atoms with Crippen LogP contribution in [0.2, 0.25) is 0 Å². The smallest absolute Gasteiger partial charge is 0.223 e. The summed E-state index contributed by atoms with van der Waals surface area (Å²) < 4.78 is 13.2. The number of rotatable bonds is 0. The molecule has 0 unspecified atom stereocenters. The molecular weight excluding hydrogens is 508 g/mol. The largest absolute Gasteiger partial charge is 0.504 e. The second-order valence-corrected chi connectivity index (χ2v) is 13.2. The van der Waals surface area contributed by atoms with Gasteiger partial charge in [0.15, 0.2) is 11.5 Å². The third kappa shape index (κ3) is 4.89. The zero-order valence-corrected chi connectivity index (χ0v) is 24.2. The van der Waals surface area contributed by atoms with Gasteiger partial charge in [0.25, 0.3) is 0 Å². The summed E-state index contributed by atoms with van der Waals surface area (Å²) in [7, 11) is 0. The first-order valence-electron chi connectivity index (χ1n) is 14.1. The van der Waals surface area contributed by atoms with Crippen molar-refractivity contribution in [2.45, 2.75) is 91.0 Å². The van der Waals surface area contributed by atoms with E-state index in [1.807, 2.05) is 27.7 Å². The van der Waals surface area contributed by atoms with Crippen LogP contribution in [-0.4, -0.2) is 32.6 Å². The molecule has 2 aromatic carbocycles. The zero-order chi connectivity index (χ0) is 29.2. The first kappa shape index (κ1) is 28.2. The third-order valence-corrected chi connectivity index (χ3v) is 9.56. The lowest BCUT2D eigenvalue weighted by molar-refractivity contribution is -0.117. The van der Waals surface area contributed by atoms with Gasteiger partial charge in [0, 0.05) is 30.4 Å². The molecule has 3 N–H and O–H groups in total. The van der Waals surface area contributed by atoms with Crippen LogP contribution in [0.15, 0.2) is 46.0 Å². The normalized spacial score (nSPS) is 31.5. The second-order valence-electron chi connectivity index (χ2n) is 13.2. The van der Waals surface area contributed by atoms with Crippen molar-refractivity contribution in [1.29, 1.82) is 0 Å². The van der Waals surface area contributed by atoms with E-state index in [1.165, 1.54) is 24.3 Å². The first-order chi connectivity index (χ1) is 18.6. The van der Waals surface area contributed by atoms with E-state index in [1.54, 1.807) is 0 Å². The van der Waals surface area contributed by atoms with Gasteiger partial charge >= 0.3 is 0 Å². The molecule has 3 aliphatic rings. The molecular formula is C33H40O7. The van der Waals surface area contributed by atoms with E-state index in [4.69, 9.17) is 9.47 Å². The zero-order valence-electron chi connectivity index (χ0n) is 24.2. The van der Waals surface area contributed by atoms with Gasteiger partial charge in [0.1, 0.15) is 22.7 Å². The number of aromatic hydroxyl groups is 2. The number of fused-ring (bicyclic) bond motifs is 4. The lowest BCUT2D eigenvalue weighted by Crippen LogP contribution is -2.57.